The van der Waals surface area contributed by atoms with Gasteiger partial charge in [-0.1, -0.05) is 33.3 Å². The molecule has 0 aliphatic heterocycles. The third kappa shape index (κ3) is 2.75. The minimum atomic E-state index is 0.245. The van der Waals surface area contributed by atoms with E-state index in [2.05, 4.69) is 13.8 Å². The lowest BCUT2D eigenvalue weighted by Gasteiger charge is -2.58. The van der Waals surface area contributed by atoms with E-state index < -0.39 is 0 Å². The Morgan fingerprint density at radius 1 is 1.00 bits per heavy atom. The Kier molecular flexibility index (Phi) is 5.03. The van der Waals surface area contributed by atoms with Gasteiger partial charge in [0.15, 0.2) is 5.78 Å². The van der Waals surface area contributed by atoms with Crippen LogP contribution in [0.25, 0.3) is 0 Å². The van der Waals surface area contributed by atoms with Crippen molar-refractivity contribution in [1.29, 1.82) is 0 Å². The van der Waals surface area contributed by atoms with E-state index in [-0.39, 0.29) is 10.8 Å². The zero-order valence-electron chi connectivity index (χ0n) is 16.9. The van der Waals surface area contributed by atoms with E-state index in [9.17, 15) is 9.59 Å². The Labute approximate surface area is 153 Å². The molecule has 0 N–H and O–H groups in total. The van der Waals surface area contributed by atoms with Crippen molar-refractivity contribution in [2.75, 3.05) is 0 Å². The zero-order chi connectivity index (χ0) is 18.4. The molecule has 0 saturated heterocycles. The standard InChI is InChI=1S/C21H30O2.C2H6/c1-13(22)17-6-7-18-16-5-4-14-12-15(23)8-10-20(14,2)19(16)9-11-21(17,18)3;1-2/h12,16-19H,4-11H2,1-3H3;1-2H3. The van der Waals surface area contributed by atoms with Gasteiger partial charge in [-0.15, -0.1) is 0 Å². The van der Waals surface area contributed by atoms with E-state index in [1.165, 1.54) is 31.3 Å². The Morgan fingerprint density at radius 2 is 1.72 bits per heavy atom. The summed E-state index contributed by atoms with van der Waals surface area (Å²) in [7, 11) is 0. The van der Waals surface area contributed by atoms with Crippen LogP contribution >= 0.6 is 0 Å². The summed E-state index contributed by atoms with van der Waals surface area (Å²) in [5.74, 6) is 3.29. The molecule has 140 valence electrons. The Balaban J connectivity index is 0.000000880. The van der Waals surface area contributed by atoms with Gasteiger partial charge in [-0.2, -0.15) is 0 Å². The van der Waals surface area contributed by atoms with Crippen LogP contribution in [0.5, 0.6) is 0 Å². The molecular formula is C23H36O2. The number of ketones is 2. The molecule has 4 aliphatic rings. The quantitative estimate of drug-likeness (QED) is 0.607. The molecule has 6 unspecified atom stereocenters. The van der Waals surface area contributed by atoms with Crippen LogP contribution in [0.4, 0.5) is 0 Å². The van der Waals surface area contributed by atoms with Crippen molar-refractivity contribution < 1.29 is 9.59 Å². The molecule has 4 aliphatic carbocycles. The number of carbonyl (C=O) groups excluding carboxylic acids is 2. The molecule has 2 nitrogen and oxygen atoms in total. The normalized spacial score (nSPS) is 45.3. The highest BCUT2D eigenvalue weighted by Crippen LogP contribution is 2.66. The van der Waals surface area contributed by atoms with Crippen LogP contribution < -0.4 is 0 Å². The second kappa shape index (κ2) is 6.67. The summed E-state index contributed by atoms with van der Waals surface area (Å²) in [5, 5.41) is 0. The van der Waals surface area contributed by atoms with Gasteiger partial charge < -0.3 is 0 Å². The van der Waals surface area contributed by atoms with E-state index in [1.807, 2.05) is 19.9 Å². The van der Waals surface area contributed by atoms with Crippen molar-refractivity contribution in [3.8, 4) is 0 Å². The average molecular weight is 345 g/mol. The molecule has 3 saturated carbocycles. The third-order valence-electron chi connectivity index (χ3n) is 8.45. The first-order valence-electron chi connectivity index (χ1n) is 10.6. The largest absolute Gasteiger partial charge is 0.300 e. The number of fused-ring (bicyclic) bond motifs is 5. The molecule has 0 amide bonds. The fraction of sp³-hybridized carbons (Fsp3) is 0.826. The molecule has 2 heteroatoms. The minimum absolute atomic E-state index is 0.245. The summed E-state index contributed by atoms with van der Waals surface area (Å²) >= 11 is 0. The molecule has 3 fully saturated rings. The summed E-state index contributed by atoms with van der Waals surface area (Å²) in [5.41, 5.74) is 1.95. The summed E-state index contributed by atoms with van der Waals surface area (Å²) in [6, 6.07) is 0. The van der Waals surface area contributed by atoms with Crippen molar-refractivity contribution in [1.82, 2.24) is 0 Å². The van der Waals surface area contributed by atoms with Crippen LogP contribution in [0.15, 0.2) is 11.6 Å². The third-order valence-corrected chi connectivity index (χ3v) is 8.45. The smallest absolute Gasteiger partial charge is 0.155 e. The molecule has 25 heavy (non-hydrogen) atoms. The fourth-order valence-electron chi connectivity index (χ4n) is 7.23. The molecular weight excluding hydrogens is 308 g/mol. The summed E-state index contributed by atoms with van der Waals surface area (Å²) in [4.78, 5) is 24.0. The van der Waals surface area contributed by atoms with E-state index >= 15 is 0 Å². The maximum absolute atomic E-state index is 12.1. The molecule has 0 heterocycles. The number of allylic oxidation sites excluding steroid dienone is 1. The first-order chi connectivity index (χ1) is 11.9. The SMILES string of the molecule is CC.CC(=O)C1CCC2C3CCC4=CC(=O)CCC4(C)C3CCC12C. The van der Waals surface area contributed by atoms with Crippen LogP contribution in [-0.2, 0) is 9.59 Å². The molecule has 6 atom stereocenters. The lowest BCUT2D eigenvalue weighted by molar-refractivity contribution is -0.128. The predicted octanol–water partition coefficient (Wildman–Crippen LogP) is 5.75. The van der Waals surface area contributed by atoms with Crippen LogP contribution in [-0.4, -0.2) is 11.6 Å². The van der Waals surface area contributed by atoms with Crippen LogP contribution in [0, 0.1) is 34.5 Å². The Morgan fingerprint density at radius 3 is 2.40 bits per heavy atom. The maximum atomic E-state index is 12.1. The summed E-state index contributed by atoms with van der Waals surface area (Å²) in [6.07, 6.45) is 10.9. The highest BCUT2D eigenvalue weighted by molar-refractivity contribution is 5.91. The van der Waals surface area contributed by atoms with E-state index in [4.69, 9.17) is 0 Å². The number of rotatable bonds is 1. The summed E-state index contributed by atoms with van der Waals surface area (Å²) in [6.45, 7) is 10.6. The highest BCUT2D eigenvalue weighted by atomic mass is 16.1. The fourth-order valence-corrected chi connectivity index (χ4v) is 7.23. The van der Waals surface area contributed by atoms with E-state index in [1.54, 1.807) is 6.92 Å². The molecule has 0 aromatic rings. The van der Waals surface area contributed by atoms with Crippen LogP contribution in [0.2, 0.25) is 0 Å². The van der Waals surface area contributed by atoms with Gasteiger partial charge in [-0.3, -0.25) is 9.59 Å². The second-order valence-electron chi connectivity index (χ2n) is 9.25. The topological polar surface area (TPSA) is 34.1 Å². The van der Waals surface area contributed by atoms with Gasteiger partial charge in [0.25, 0.3) is 0 Å². The zero-order valence-corrected chi connectivity index (χ0v) is 16.9. The molecule has 0 bridgehead atoms. The van der Waals surface area contributed by atoms with Crippen molar-refractivity contribution in [3.05, 3.63) is 11.6 Å². The van der Waals surface area contributed by atoms with Gasteiger partial charge in [-0.25, -0.2) is 0 Å². The number of Topliss-reactive ketones (excluding diaryl/α,β-unsaturated/α-hetero) is 1. The number of hydrogen-bond acceptors (Lipinski definition) is 2. The lowest BCUT2D eigenvalue weighted by Crippen LogP contribution is -2.51. The molecule has 0 aromatic heterocycles. The minimum Gasteiger partial charge on any atom is -0.300 e. The first kappa shape index (κ1) is 18.9. The van der Waals surface area contributed by atoms with Gasteiger partial charge in [0.1, 0.15) is 5.78 Å². The van der Waals surface area contributed by atoms with Crippen molar-refractivity contribution in [2.45, 2.75) is 86.0 Å². The van der Waals surface area contributed by atoms with Crippen molar-refractivity contribution >= 4 is 11.6 Å². The van der Waals surface area contributed by atoms with Gasteiger partial charge in [0, 0.05) is 12.3 Å². The van der Waals surface area contributed by atoms with Gasteiger partial charge in [0.2, 0.25) is 0 Å². The Hall–Kier alpha value is -0.920. The second-order valence-corrected chi connectivity index (χ2v) is 9.25. The predicted molar refractivity (Wildman–Crippen MR) is 102 cm³/mol. The Bertz CT molecular complexity index is 589. The van der Waals surface area contributed by atoms with Gasteiger partial charge >= 0.3 is 0 Å². The highest BCUT2D eigenvalue weighted by Gasteiger charge is 2.59. The molecule has 4 rings (SSSR count). The summed E-state index contributed by atoms with van der Waals surface area (Å²) < 4.78 is 0. The van der Waals surface area contributed by atoms with Crippen molar-refractivity contribution in [3.63, 3.8) is 0 Å². The van der Waals surface area contributed by atoms with Crippen LogP contribution in [0.1, 0.15) is 86.0 Å². The molecule has 0 aromatic carbocycles. The van der Waals surface area contributed by atoms with Gasteiger partial charge in [0.05, 0.1) is 0 Å². The average Bonchev–Trinajstić information content (AvgIpc) is 2.95. The first-order valence-corrected chi connectivity index (χ1v) is 10.6. The van der Waals surface area contributed by atoms with E-state index in [0.29, 0.717) is 17.5 Å². The number of hydrogen-bond donors (Lipinski definition) is 0. The lowest BCUT2D eigenvalue weighted by atomic mass is 9.47. The van der Waals surface area contributed by atoms with E-state index in [0.717, 1.165) is 43.4 Å². The molecule has 0 radical (unpaired) electrons. The van der Waals surface area contributed by atoms with Gasteiger partial charge in [-0.05, 0) is 86.5 Å². The number of carbonyl (C=O) groups is 2. The van der Waals surface area contributed by atoms with Crippen LogP contribution in [0.3, 0.4) is 0 Å². The monoisotopic (exact) mass is 344 g/mol. The van der Waals surface area contributed by atoms with Crippen molar-refractivity contribution in [2.24, 2.45) is 34.5 Å². The molecule has 0 spiro atoms. The maximum Gasteiger partial charge on any atom is 0.155 e.